The summed E-state index contributed by atoms with van der Waals surface area (Å²) in [6, 6.07) is 5.41. The maximum Gasteiger partial charge on any atom is 0.0888 e. The molecule has 2 atom stereocenters. The van der Waals surface area contributed by atoms with Crippen LogP contribution in [0.25, 0.3) is 0 Å². The Morgan fingerprint density at radius 2 is 2.36 bits per heavy atom. The lowest BCUT2D eigenvalue weighted by Gasteiger charge is -2.15. The average Bonchev–Trinajstić information content (AvgIpc) is 2.26. The molecule has 0 fully saturated rings. The fourth-order valence-corrected chi connectivity index (χ4v) is 0.883. The summed E-state index contributed by atoms with van der Waals surface area (Å²) in [5.41, 5.74) is 6.43. The van der Waals surface area contributed by atoms with Crippen molar-refractivity contribution in [3.63, 3.8) is 0 Å². The highest BCUT2D eigenvalue weighted by atomic mass is 16.5. The van der Waals surface area contributed by atoms with Crippen LogP contribution in [0.2, 0.25) is 0 Å². The van der Waals surface area contributed by atoms with E-state index in [0.717, 1.165) is 0 Å². The van der Waals surface area contributed by atoms with Crippen LogP contribution in [-0.2, 0) is 11.3 Å². The van der Waals surface area contributed by atoms with E-state index in [-0.39, 0.29) is 6.04 Å². The lowest BCUT2D eigenvalue weighted by Crippen LogP contribution is -2.31. The molecule has 0 aliphatic heterocycles. The van der Waals surface area contributed by atoms with E-state index in [2.05, 4.69) is 4.98 Å². The van der Waals surface area contributed by atoms with Gasteiger partial charge < -0.3 is 10.5 Å². The average molecular weight is 195 g/mol. The number of ether oxygens (including phenoxy) is 1. The van der Waals surface area contributed by atoms with E-state index in [9.17, 15) is 0 Å². The second-order valence-electron chi connectivity index (χ2n) is 3.61. The molecule has 2 N–H and O–H groups in total. The third-order valence-corrected chi connectivity index (χ3v) is 2.04. The number of aromatic nitrogens is 1. The third-order valence-electron chi connectivity index (χ3n) is 2.04. The Labute approximate surface area is 86.7 Å². The van der Waals surface area contributed by atoms with Crippen LogP contribution >= 0.6 is 0 Å². The number of nitrogens with two attached hydrogens (primary N) is 1. The van der Waals surface area contributed by atoms with E-state index in [4.69, 9.17) is 11.8 Å². The van der Waals surface area contributed by atoms with Crippen LogP contribution in [0.3, 0.4) is 0 Å². The van der Waals surface area contributed by atoms with Crippen LogP contribution in [0.4, 0.5) is 0 Å². The molecule has 0 saturated carbocycles. The largest absolute Gasteiger partial charge is 0.374 e. The molecule has 0 amide bonds. The molecule has 1 unspecified atom stereocenters. The lowest BCUT2D eigenvalue weighted by molar-refractivity contribution is 0.0951. The van der Waals surface area contributed by atoms with Gasteiger partial charge in [0.2, 0.25) is 0 Å². The third kappa shape index (κ3) is 3.85. The Morgan fingerprint density at radius 3 is 2.93 bits per heavy atom. The summed E-state index contributed by atoms with van der Waals surface area (Å²) in [7, 11) is 0. The van der Waals surface area contributed by atoms with E-state index in [1.807, 2.05) is 26.0 Å². The van der Waals surface area contributed by atoms with Crippen molar-refractivity contribution in [3.8, 4) is 0 Å². The molecular weight excluding hydrogens is 176 g/mol. The lowest BCUT2D eigenvalue weighted by atomic mass is 10.1. The number of hydrogen-bond acceptors (Lipinski definition) is 3. The zero-order valence-electron chi connectivity index (χ0n) is 9.68. The smallest absolute Gasteiger partial charge is 0.0888 e. The number of pyridine rings is 1. The molecule has 0 aliphatic carbocycles. The van der Waals surface area contributed by atoms with Crippen LogP contribution in [0.5, 0.6) is 0 Å². The van der Waals surface area contributed by atoms with Gasteiger partial charge in [-0.15, -0.1) is 0 Å². The van der Waals surface area contributed by atoms with Gasteiger partial charge in [0.1, 0.15) is 0 Å². The van der Waals surface area contributed by atoms with Crippen molar-refractivity contribution >= 4 is 0 Å². The predicted molar refractivity (Wildman–Crippen MR) is 56.7 cm³/mol. The van der Waals surface area contributed by atoms with Gasteiger partial charge in [0, 0.05) is 12.2 Å². The van der Waals surface area contributed by atoms with Gasteiger partial charge in [0.15, 0.2) is 0 Å². The van der Waals surface area contributed by atoms with Crippen molar-refractivity contribution in [2.45, 2.75) is 26.5 Å². The van der Waals surface area contributed by atoms with Crippen LogP contribution in [0, 0.1) is 5.92 Å². The number of nitrogens with zero attached hydrogens (tertiary/aromatic N) is 1. The summed E-state index contributed by atoms with van der Waals surface area (Å²) in [6.45, 7) is 3.72. The normalized spacial score (nSPS) is 16.4. The van der Waals surface area contributed by atoms with Crippen LogP contribution in [0.1, 0.15) is 20.9 Å². The minimum Gasteiger partial charge on any atom is -0.374 e. The summed E-state index contributed by atoms with van der Waals surface area (Å²) >= 11 is 0. The van der Waals surface area contributed by atoms with Gasteiger partial charge in [-0.05, 0) is 18.1 Å². The summed E-state index contributed by atoms with van der Waals surface area (Å²) in [4.78, 5) is 4.05. The van der Waals surface area contributed by atoms with Crippen LogP contribution < -0.4 is 5.73 Å². The second-order valence-corrected chi connectivity index (χ2v) is 3.61. The van der Waals surface area contributed by atoms with E-state index >= 15 is 0 Å². The molecule has 78 valence electrons. The van der Waals surface area contributed by atoms with Crippen molar-refractivity contribution in [2.75, 3.05) is 6.61 Å². The Balaban J connectivity index is 2.40. The Bertz CT molecular complexity index is 279. The minimum absolute atomic E-state index is 0.0263. The summed E-state index contributed by atoms with van der Waals surface area (Å²) in [5.74, 6) is 0.362. The molecular formula is C11H18N2O. The zero-order chi connectivity index (χ0) is 11.3. The SMILES string of the molecule is [2H]C(OC[C@@H](N)C(C)C)c1ccccn1. The van der Waals surface area contributed by atoms with Crippen molar-refractivity contribution < 1.29 is 6.11 Å². The quantitative estimate of drug-likeness (QED) is 0.776. The van der Waals surface area contributed by atoms with Crippen molar-refractivity contribution in [3.05, 3.63) is 30.1 Å². The molecule has 0 radical (unpaired) electrons. The predicted octanol–water partition coefficient (Wildman–Crippen LogP) is 1.58. The second kappa shape index (κ2) is 5.73. The first-order chi connectivity index (χ1) is 7.11. The molecule has 1 aromatic heterocycles. The highest BCUT2D eigenvalue weighted by molar-refractivity contribution is 5.01. The molecule has 3 heteroatoms. The first kappa shape index (κ1) is 9.62. The van der Waals surface area contributed by atoms with E-state index < -0.39 is 6.58 Å². The molecule has 1 heterocycles. The Morgan fingerprint density at radius 1 is 1.57 bits per heavy atom. The van der Waals surface area contributed by atoms with Gasteiger partial charge in [-0.3, -0.25) is 4.98 Å². The highest BCUT2D eigenvalue weighted by Gasteiger charge is 2.07. The fourth-order valence-electron chi connectivity index (χ4n) is 0.883. The molecule has 3 nitrogen and oxygen atoms in total. The molecule has 14 heavy (non-hydrogen) atoms. The van der Waals surface area contributed by atoms with Gasteiger partial charge in [0.25, 0.3) is 0 Å². The summed E-state index contributed by atoms with van der Waals surface area (Å²) < 4.78 is 13.0. The maximum atomic E-state index is 7.71. The van der Waals surface area contributed by atoms with Gasteiger partial charge in [-0.25, -0.2) is 0 Å². The van der Waals surface area contributed by atoms with Gasteiger partial charge in [-0.1, -0.05) is 19.9 Å². The molecule has 0 spiro atoms. The summed E-state index contributed by atoms with van der Waals surface area (Å²) in [5, 5.41) is 0. The van der Waals surface area contributed by atoms with Crippen molar-refractivity contribution in [1.82, 2.24) is 4.98 Å². The van der Waals surface area contributed by atoms with E-state index in [1.165, 1.54) is 0 Å². The Kier molecular flexibility index (Phi) is 3.93. The summed E-state index contributed by atoms with van der Waals surface area (Å²) in [6.07, 6.45) is 1.66. The van der Waals surface area contributed by atoms with E-state index in [0.29, 0.717) is 18.2 Å². The number of rotatable bonds is 5. The monoisotopic (exact) mass is 195 g/mol. The molecule has 0 bridgehead atoms. The van der Waals surface area contributed by atoms with Crippen molar-refractivity contribution in [1.29, 1.82) is 0 Å². The van der Waals surface area contributed by atoms with Crippen LogP contribution in [-0.4, -0.2) is 17.6 Å². The van der Waals surface area contributed by atoms with Gasteiger partial charge >= 0.3 is 0 Å². The molecule has 0 saturated heterocycles. The first-order valence-electron chi connectivity index (χ1n) is 5.39. The maximum absolute atomic E-state index is 7.71. The molecule has 0 aliphatic rings. The fraction of sp³-hybridized carbons (Fsp3) is 0.545. The van der Waals surface area contributed by atoms with Crippen LogP contribution in [0.15, 0.2) is 24.4 Å². The van der Waals surface area contributed by atoms with Gasteiger partial charge in [-0.2, -0.15) is 0 Å². The molecule has 1 rings (SSSR count). The van der Waals surface area contributed by atoms with Crippen molar-refractivity contribution in [2.24, 2.45) is 11.7 Å². The first-order valence-corrected chi connectivity index (χ1v) is 4.81. The topological polar surface area (TPSA) is 48.1 Å². The molecule has 1 aromatic rings. The standard InChI is InChI=1S/C11H18N2O/c1-9(2)11(12)8-14-7-10-5-3-4-6-13-10/h3-6,9,11H,7-8,12H2,1-2H3/t11-/m1/s1/i7D/t7?,11-. The van der Waals surface area contributed by atoms with Gasteiger partial charge in [0.05, 0.1) is 20.3 Å². The zero-order valence-corrected chi connectivity index (χ0v) is 8.68. The molecule has 0 aromatic carbocycles. The Hall–Kier alpha value is -0.930. The highest BCUT2D eigenvalue weighted by Crippen LogP contribution is 2.01. The number of hydrogen-bond donors (Lipinski definition) is 1. The minimum atomic E-state index is -0.740. The van der Waals surface area contributed by atoms with E-state index in [1.54, 1.807) is 12.3 Å².